The number of carbonyl (C=O) groups excluding carboxylic acids is 8. The van der Waals surface area contributed by atoms with Crippen molar-refractivity contribution in [3.63, 3.8) is 0 Å². The highest BCUT2D eigenvalue weighted by atomic mass is 16.1. The Morgan fingerprint density at radius 3 is 1.04 bits per heavy atom. The first kappa shape index (κ1) is 34.8. The lowest BCUT2D eigenvalue weighted by Gasteiger charge is -2.16. The van der Waals surface area contributed by atoms with Gasteiger partial charge in [0.1, 0.15) is 0 Å². The van der Waals surface area contributed by atoms with E-state index in [4.69, 9.17) is 0 Å². The molecule has 8 nitrogen and oxygen atoms in total. The van der Waals surface area contributed by atoms with Crippen molar-refractivity contribution < 1.29 is 38.4 Å². The summed E-state index contributed by atoms with van der Waals surface area (Å²) in [4.78, 5) is 104. The molecule has 0 saturated heterocycles. The summed E-state index contributed by atoms with van der Waals surface area (Å²) in [6.45, 7) is 6.52. The number of carbonyl (C=O) groups is 8. The molecule has 0 spiro atoms. The molecule has 0 aliphatic carbocycles. The maximum atomic E-state index is 14.2. The van der Waals surface area contributed by atoms with E-state index in [2.05, 4.69) is 0 Å². The summed E-state index contributed by atoms with van der Waals surface area (Å²) in [5.74, 6) is -2.34. The summed E-state index contributed by atoms with van der Waals surface area (Å²) in [6.07, 6.45) is 2.06. The normalized spacial score (nSPS) is 10.6. The third kappa shape index (κ3) is 6.34. The highest BCUT2D eigenvalue weighted by molar-refractivity contribution is 6.21. The van der Waals surface area contributed by atoms with Gasteiger partial charge < -0.3 is 0 Å². The van der Waals surface area contributed by atoms with Gasteiger partial charge in [-0.3, -0.25) is 38.4 Å². The molecule has 5 rings (SSSR count). The third-order valence-corrected chi connectivity index (χ3v) is 8.76. The van der Waals surface area contributed by atoms with Crippen LogP contribution in [-0.4, -0.2) is 48.3 Å². The van der Waals surface area contributed by atoms with E-state index in [0.717, 1.165) is 0 Å². The molecule has 0 fully saturated rings. The van der Waals surface area contributed by atoms with Crippen molar-refractivity contribution in [3.05, 3.63) is 174 Å². The second-order valence-corrected chi connectivity index (χ2v) is 12.0. The van der Waals surface area contributed by atoms with Crippen LogP contribution in [0.1, 0.15) is 127 Å². The Labute approximate surface area is 287 Å². The van der Waals surface area contributed by atoms with Gasteiger partial charge in [0.25, 0.3) is 0 Å². The monoisotopic (exact) mass is 662 g/mol. The van der Waals surface area contributed by atoms with Gasteiger partial charge >= 0.3 is 0 Å². The Kier molecular flexibility index (Phi) is 9.94. The minimum absolute atomic E-state index is 0.000816. The zero-order valence-electron chi connectivity index (χ0n) is 27.7. The van der Waals surface area contributed by atoms with Crippen LogP contribution >= 0.6 is 0 Å². The fourth-order valence-electron chi connectivity index (χ4n) is 6.02. The number of aldehydes is 4. The van der Waals surface area contributed by atoms with Crippen LogP contribution in [0.25, 0.3) is 0 Å². The quantitative estimate of drug-likeness (QED) is 0.102. The number of rotatable bonds is 12. The van der Waals surface area contributed by atoms with Gasteiger partial charge in [-0.05, 0) is 86.3 Å². The second kappa shape index (κ2) is 14.3. The third-order valence-electron chi connectivity index (χ3n) is 8.76. The van der Waals surface area contributed by atoms with Gasteiger partial charge in [-0.2, -0.15) is 0 Å². The topological polar surface area (TPSA) is 137 Å². The van der Waals surface area contributed by atoms with E-state index in [1.807, 2.05) is 0 Å². The average Bonchev–Trinajstić information content (AvgIpc) is 3.13. The maximum Gasteiger partial charge on any atom is 0.194 e. The number of benzene rings is 5. The van der Waals surface area contributed by atoms with Crippen LogP contribution in [0.3, 0.4) is 0 Å². The molecule has 50 heavy (non-hydrogen) atoms. The second-order valence-electron chi connectivity index (χ2n) is 12.0. The highest BCUT2D eigenvalue weighted by Crippen LogP contribution is 2.28. The van der Waals surface area contributed by atoms with Crippen LogP contribution in [0.5, 0.6) is 0 Å². The molecule has 8 heteroatoms. The van der Waals surface area contributed by atoms with Crippen molar-refractivity contribution in [1.29, 1.82) is 0 Å². The molecular weight excluding hydrogens is 632 g/mol. The lowest BCUT2D eigenvalue weighted by Crippen LogP contribution is -2.16. The van der Waals surface area contributed by atoms with Crippen LogP contribution < -0.4 is 0 Å². The van der Waals surface area contributed by atoms with Crippen LogP contribution in [0, 0.1) is 27.7 Å². The van der Waals surface area contributed by atoms with E-state index in [1.54, 1.807) is 64.1 Å². The molecule has 0 radical (unpaired) electrons. The Balaban J connectivity index is 1.64. The molecule has 0 aliphatic heterocycles. The number of hydrogen-bond acceptors (Lipinski definition) is 8. The van der Waals surface area contributed by atoms with Gasteiger partial charge in [-0.25, -0.2) is 0 Å². The number of ketones is 4. The number of hydrogen-bond donors (Lipinski definition) is 0. The maximum absolute atomic E-state index is 14.2. The van der Waals surface area contributed by atoms with E-state index in [9.17, 15) is 38.4 Å². The molecule has 0 saturated carbocycles. The Bertz CT molecular complexity index is 2310. The van der Waals surface area contributed by atoms with Crippen molar-refractivity contribution >= 4 is 48.3 Å². The summed E-state index contributed by atoms with van der Waals surface area (Å²) < 4.78 is 0. The molecule has 0 aliphatic rings. The van der Waals surface area contributed by atoms with E-state index >= 15 is 0 Å². The van der Waals surface area contributed by atoms with E-state index in [0.29, 0.717) is 53.0 Å². The molecular formula is C42H30O8. The zero-order valence-corrected chi connectivity index (χ0v) is 27.7. The van der Waals surface area contributed by atoms with Gasteiger partial charge in [0.15, 0.2) is 48.3 Å². The van der Waals surface area contributed by atoms with Crippen LogP contribution in [0.4, 0.5) is 0 Å². The van der Waals surface area contributed by atoms with Gasteiger partial charge in [-0.15, -0.1) is 0 Å². The standard InChI is InChI=1S/C42H30O8/c1-23-9-5-7-11-31(23)39(47)36-17-34(25(3)14-28(36)20-44)41(49)38-18-35(26(4)15-30(38)22-46)42(50)37-16-33(24(2)13-29(37)21-45)40(48)32-12-8-6-10-27(32)19-43/h5-22H,1-4H3. The summed E-state index contributed by atoms with van der Waals surface area (Å²) in [5, 5.41) is 0. The van der Waals surface area contributed by atoms with Crippen LogP contribution in [-0.2, 0) is 0 Å². The fourth-order valence-corrected chi connectivity index (χ4v) is 6.02. The summed E-state index contributed by atoms with van der Waals surface area (Å²) in [6, 6.07) is 21.1. The van der Waals surface area contributed by atoms with Gasteiger partial charge in [0, 0.05) is 66.8 Å². The molecule has 5 aromatic carbocycles. The van der Waals surface area contributed by atoms with Gasteiger partial charge in [-0.1, -0.05) is 48.5 Å². The smallest absolute Gasteiger partial charge is 0.194 e. The predicted molar refractivity (Wildman–Crippen MR) is 186 cm³/mol. The predicted octanol–water partition coefficient (Wildman–Crippen LogP) is 7.09. The van der Waals surface area contributed by atoms with Gasteiger partial charge in [0.05, 0.1) is 0 Å². The molecule has 246 valence electrons. The SMILES string of the molecule is Cc1ccccc1C(=O)c1cc(C(=O)c2cc(C(=O)c3cc(C(=O)c4ccccc4C=O)c(C)cc3C=O)c(C)cc2C=O)c(C)cc1C=O. The van der Waals surface area contributed by atoms with Gasteiger partial charge in [0.2, 0.25) is 0 Å². The molecule has 5 aromatic rings. The van der Waals surface area contributed by atoms with Crippen LogP contribution in [0.15, 0.2) is 84.9 Å². The van der Waals surface area contributed by atoms with E-state index in [1.165, 1.54) is 48.5 Å². The van der Waals surface area contributed by atoms with Crippen molar-refractivity contribution in [2.24, 2.45) is 0 Å². The van der Waals surface area contributed by atoms with Crippen molar-refractivity contribution in [2.45, 2.75) is 27.7 Å². The molecule has 0 unspecified atom stereocenters. The molecule has 0 aromatic heterocycles. The first-order valence-electron chi connectivity index (χ1n) is 15.5. The minimum Gasteiger partial charge on any atom is -0.298 e. The van der Waals surface area contributed by atoms with Crippen molar-refractivity contribution in [2.75, 3.05) is 0 Å². The lowest BCUT2D eigenvalue weighted by atomic mass is 9.85. The van der Waals surface area contributed by atoms with Crippen LogP contribution in [0.2, 0.25) is 0 Å². The fraction of sp³-hybridized carbons (Fsp3) is 0.0952. The Hall–Kier alpha value is -6.54. The molecule has 0 amide bonds. The Morgan fingerprint density at radius 2 is 0.660 bits per heavy atom. The number of aryl methyl sites for hydroxylation is 4. The minimum atomic E-state index is -0.683. The highest BCUT2D eigenvalue weighted by Gasteiger charge is 2.26. The molecule has 0 atom stereocenters. The first-order chi connectivity index (χ1) is 23.9. The average molecular weight is 663 g/mol. The van der Waals surface area contributed by atoms with E-state index in [-0.39, 0.29) is 61.2 Å². The molecule has 0 N–H and O–H groups in total. The summed E-state index contributed by atoms with van der Waals surface area (Å²) in [7, 11) is 0. The molecule has 0 bridgehead atoms. The zero-order chi connectivity index (χ0) is 36.3. The summed E-state index contributed by atoms with van der Waals surface area (Å²) in [5.41, 5.74) is 2.37. The lowest BCUT2D eigenvalue weighted by molar-refractivity contribution is 0.102. The van der Waals surface area contributed by atoms with Crippen molar-refractivity contribution in [3.8, 4) is 0 Å². The van der Waals surface area contributed by atoms with Crippen molar-refractivity contribution in [1.82, 2.24) is 0 Å². The largest absolute Gasteiger partial charge is 0.298 e. The Morgan fingerprint density at radius 1 is 0.340 bits per heavy atom. The molecule has 0 heterocycles. The van der Waals surface area contributed by atoms with E-state index < -0.39 is 23.1 Å². The summed E-state index contributed by atoms with van der Waals surface area (Å²) >= 11 is 0. The first-order valence-corrected chi connectivity index (χ1v) is 15.5.